The van der Waals surface area contributed by atoms with Gasteiger partial charge >= 0.3 is 0 Å². The van der Waals surface area contributed by atoms with Crippen LogP contribution in [-0.2, 0) is 0 Å². The summed E-state index contributed by atoms with van der Waals surface area (Å²) in [6.45, 7) is 2.10. The van der Waals surface area contributed by atoms with E-state index in [-0.39, 0.29) is 0 Å². The van der Waals surface area contributed by atoms with E-state index in [2.05, 4.69) is 30.5 Å². The molecule has 0 saturated heterocycles. The van der Waals surface area contributed by atoms with Gasteiger partial charge in [-0.3, -0.25) is 0 Å². The van der Waals surface area contributed by atoms with E-state index in [1.807, 2.05) is 12.1 Å². The zero-order valence-corrected chi connectivity index (χ0v) is 8.46. The van der Waals surface area contributed by atoms with Gasteiger partial charge in [-0.2, -0.15) is 0 Å². The minimum atomic E-state index is 0.551. The number of nitrogens with one attached hydrogen (secondary N) is 1. The van der Waals surface area contributed by atoms with Crippen LogP contribution < -0.4 is 11.1 Å². The molecule has 0 radical (unpaired) electrons. The van der Waals surface area contributed by atoms with Gasteiger partial charge in [0.2, 0.25) is 0 Å². The van der Waals surface area contributed by atoms with Crippen molar-refractivity contribution in [3.05, 3.63) is 35.9 Å². The summed E-state index contributed by atoms with van der Waals surface area (Å²) in [4.78, 5) is 0. The second-order valence-corrected chi connectivity index (χ2v) is 3.86. The van der Waals surface area contributed by atoms with E-state index < -0.39 is 0 Å². The first-order valence-electron chi connectivity index (χ1n) is 5.03. The second kappa shape index (κ2) is 3.74. The molecule has 14 heavy (non-hydrogen) atoms. The fourth-order valence-electron chi connectivity index (χ4n) is 1.75. The molecular weight excluding hydrogens is 172 g/mol. The summed E-state index contributed by atoms with van der Waals surface area (Å²) in [6, 6.07) is 6.55. The Kier molecular flexibility index (Phi) is 2.44. The van der Waals surface area contributed by atoms with E-state index >= 15 is 0 Å². The number of anilines is 2. The van der Waals surface area contributed by atoms with Crippen LogP contribution in [0.1, 0.15) is 18.4 Å². The molecule has 0 aliphatic heterocycles. The lowest BCUT2D eigenvalue weighted by molar-refractivity contribution is 0.786. The Labute approximate surface area is 84.8 Å². The SMILES string of the molecule is Cc1ccc(N)cc1NC1CC=CC1. The molecule has 0 saturated carbocycles. The largest absolute Gasteiger partial charge is 0.399 e. The van der Waals surface area contributed by atoms with E-state index in [4.69, 9.17) is 5.73 Å². The van der Waals surface area contributed by atoms with E-state index in [1.165, 1.54) is 11.3 Å². The molecule has 0 bridgehead atoms. The Bertz CT molecular complexity index is 347. The average molecular weight is 188 g/mol. The summed E-state index contributed by atoms with van der Waals surface area (Å²) in [5, 5.41) is 3.51. The molecule has 1 aromatic carbocycles. The molecule has 2 heteroatoms. The van der Waals surface area contributed by atoms with Crippen molar-refractivity contribution >= 4 is 11.4 Å². The van der Waals surface area contributed by atoms with Crippen LogP contribution in [-0.4, -0.2) is 6.04 Å². The van der Waals surface area contributed by atoms with Gasteiger partial charge in [0, 0.05) is 17.4 Å². The first-order valence-corrected chi connectivity index (χ1v) is 5.03. The van der Waals surface area contributed by atoms with Crippen molar-refractivity contribution < 1.29 is 0 Å². The Morgan fingerprint density at radius 3 is 2.71 bits per heavy atom. The summed E-state index contributed by atoms with van der Waals surface area (Å²) in [5.41, 5.74) is 8.99. The molecule has 0 heterocycles. The van der Waals surface area contributed by atoms with Crippen molar-refractivity contribution in [1.82, 2.24) is 0 Å². The van der Waals surface area contributed by atoms with Gasteiger partial charge in [0.15, 0.2) is 0 Å². The smallest absolute Gasteiger partial charge is 0.0392 e. The summed E-state index contributed by atoms with van der Waals surface area (Å²) in [5.74, 6) is 0. The van der Waals surface area contributed by atoms with Crippen LogP contribution >= 0.6 is 0 Å². The summed E-state index contributed by atoms with van der Waals surface area (Å²) >= 11 is 0. The molecule has 0 unspecified atom stereocenters. The maximum Gasteiger partial charge on any atom is 0.0392 e. The van der Waals surface area contributed by atoms with Crippen molar-refractivity contribution in [3.63, 3.8) is 0 Å². The Morgan fingerprint density at radius 2 is 2.00 bits per heavy atom. The predicted molar refractivity (Wildman–Crippen MR) is 61.4 cm³/mol. The molecule has 1 aliphatic carbocycles. The van der Waals surface area contributed by atoms with Gasteiger partial charge < -0.3 is 11.1 Å². The van der Waals surface area contributed by atoms with E-state index in [0.29, 0.717) is 6.04 Å². The number of benzene rings is 1. The Morgan fingerprint density at radius 1 is 1.29 bits per heavy atom. The highest BCUT2D eigenvalue weighted by Crippen LogP contribution is 2.22. The number of hydrogen-bond acceptors (Lipinski definition) is 2. The Hall–Kier alpha value is -1.44. The highest BCUT2D eigenvalue weighted by molar-refractivity contribution is 5.59. The highest BCUT2D eigenvalue weighted by atomic mass is 14.9. The van der Waals surface area contributed by atoms with Crippen molar-refractivity contribution in [3.8, 4) is 0 Å². The van der Waals surface area contributed by atoms with Crippen molar-refractivity contribution in [2.45, 2.75) is 25.8 Å². The third kappa shape index (κ3) is 1.90. The third-order valence-electron chi connectivity index (χ3n) is 2.63. The molecular formula is C12H16N2. The summed E-state index contributed by atoms with van der Waals surface area (Å²) < 4.78 is 0. The third-order valence-corrected chi connectivity index (χ3v) is 2.63. The first kappa shape index (κ1) is 9.13. The highest BCUT2D eigenvalue weighted by Gasteiger charge is 2.10. The van der Waals surface area contributed by atoms with Crippen molar-refractivity contribution in [2.75, 3.05) is 11.1 Å². The minimum absolute atomic E-state index is 0.551. The number of nitrogen functional groups attached to an aromatic ring is 1. The Balaban J connectivity index is 2.11. The van der Waals surface area contributed by atoms with Crippen molar-refractivity contribution in [2.24, 2.45) is 0 Å². The number of nitrogens with two attached hydrogens (primary N) is 1. The standard InChI is InChI=1S/C12H16N2/c1-9-6-7-10(13)8-12(9)14-11-4-2-3-5-11/h2-3,6-8,11,14H,4-5,13H2,1H3. The van der Waals surface area contributed by atoms with Gasteiger partial charge in [0.1, 0.15) is 0 Å². The monoisotopic (exact) mass is 188 g/mol. The average Bonchev–Trinajstić information content (AvgIpc) is 2.64. The predicted octanol–water partition coefficient (Wildman–Crippen LogP) is 2.71. The van der Waals surface area contributed by atoms with Gasteiger partial charge in [0.25, 0.3) is 0 Å². The fourth-order valence-corrected chi connectivity index (χ4v) is 1.75. The summed E-state index contributed by atoms with van der Waals surface area (Å²) in [7, 11) is 0. The lowest BCUT2D eigenvalue weighted by Crippen LogP contribution is -2.15. The maximum atomic E-state index is 5.75. The zero-order valence-electron chi connectivity index (χ0n) is 8.46. The molecule has 1 aromatic rings. The minimum Gasteiger partial charge on any atom is -0.399 e. The summed E-state index contributed by atoms with van der Waals surface area (Å²) in [6.07, 6.45) is 6.68. The normalized spacial score (nSPS) is 16.1. The molecule has 1 aliphatic rings. The van der Waals surface area contributed by atoms with Crippen LogP contribution in [0.3, 0.4) is 0 Å². The van der Waals surface area contributed by atoms with E-state index in [1.54, 1.807) is 0 Å². The van der Waals surface area contributed by atoms with E-state index in [9.17, 15) is 0 Å². The molecule has 0 aromatic heterocycles. The molecule has 0 spiro atoms. The van der Waals surface area contributed by atoms with Gasteiger partial charge in [0.05, 0.1) is 0 Å². The van der Waals surface area contributed by atoms with Crippen LogP contribution in [0.2, 0.25) is 0 Å². The van der Waals surface area contributed by atoms with Crippen LogP contribution in [0.5, 0.6) is 0 Å². The van der Waals surface area contributed by atoms with Crippen molar-refractivity contribution in [1.29, 1.82) is 0 Å². The van der Waals surface area contributed by atoms with Gasteiger partial charge in [-0.15, -0.1) is 0 Å². The molecule has 2 nitrogen and oxygen atoms in total. The van der Waals surface area contributed by atoms with Gasteiger partial charge in [-0.05, 0) is 37.5 Å². The molecule has 0 atom stereocenters. The molecule has 3 N–H and O–H groups in total. The zero-order chi connectivity index (χ0) is 9.97. The number of hydrogen-bond donors (Lipinski definition) is 2. The first-order chi connectivity index (χ1) is 6.75. The van der Waals surface area contributed by atoms with Crippen LogP contribution in [0.15, 0.2) is 30.4 Å². The molecule has 0 fully saturated rings. The van der Waals surface area contributed by atoms with Gasteiger partial charge in [-0.1, -0.05) is 18.2 Å². The lowest BCUT2D eigenvalue weighted by Gasteiger charge is -2.16. The second-order valence-electron chi connectivity index (χ2n) is 3.86. The number of aryl methyl sites for hydroxylation is 1. The van der Waals surface area contributed by atoms with E-state index in [0.717, 1.165) is 18.5 Å². The number of rotatable bonds is 2. The fraction of sp³-hybridized carbons (Fsp3) is 0.333. The molecule has 2 rings (SSSR count). The quantitative estimate of drug-likeness (QED) is 0.553. The van der Waals surface area contributed by atoms with Crippen LogP contribution in [0, 0.1) is 6.92 Å². The van der Waals surface area contributed by atoms with Crippen LogP contribution in [0.25, 0.3) is 0 Å². The maximum absolute atomic E-state index is 5.75. The lowest BCUT2D eigenvalue weighted by atomic mass is 10.1. The van der Waals surface area contributed by atoms with Crippen LogP contribution in [0.4, 0.5) is 11.4 Å². The van der Waals surface area contributed by atoms with Gasteiger partial charge in [-0.25, -0.2) is 0 Å². The molecule has 0 amide bonds. The topological polar surface area (TPSA) is 38.0 Å². The molecule has 74 valence electrons.